The molecule has 2 nitrogen and oxygen atoms in total. The van der Waals surface area contributed by atoms with E-state index in [0.717, 1.165) is 12.3 Å². The fourth-order valence-corrected chi connectivity index (χ4v) is 3.15. The van der Waals surface area contributed by atoms with Crippen LogP contribution < -0.4 is 0 Å². The zero-order valence-electron chi connectivity index (χ0n) is 13.9. The van der Waals surface area contributed by atoms with Crippen molar-refractivity contribution in [2.45, 2.75) is 83.2 Å². The van der Waals surface area contributed by atoms with Gasteiger partial charge < -0.3 is 9.31 Å². The standard InChI is InChI=1S/C16H29BO2/c1-6-9-14(12-13-10-7-8-11-13)17-18-15(2,3)16(4,5)19-17/h6,13-14H,1,7-12H2,2-5H3/i9D. The topological polar surface area (TPSA) is 18.5 Å². The van der Waals surface area contributed by atoms with Crippen LogP contribution in [0.2, 0.25) is 5.82 Å². The second kappa shape index (κ2) is 5.61. The van der Waals surface area contributed by atoms with Crippen molar-refractivity contribution in [2.75, 3.05) is 0 Å². The summed E-state index contributed by atoms with van der Waals surface area (Å²) >= 11 is 0. The Kier molecular flexibility index (Phi) is 4.05. The predicted molar refractivity (Wildman–Crippen MR) is 81.2 cm³/mol. The molecule has 2 rings (SSSR count). The SMILES string of the molecule is [2H]C(C=C)C(CC1CCCC1)B1OC(C)(C)C(C)(C)O1. The maximum absolute atomic E-state index is 8.29. The third-order valence-electron chi connectivity index (χ3n) is 5.08. The molecule has 108 valence electrons. The van der Waals surface area contributed by atoms with Crippen LogP contribution in [0.4, 0.5) is 0 Å². The molecule has 0 bridgehead atoms. The van der Waals surface area contributed by atoms with Crippen LogP contribution in [0.15, 0.2) is 12.7 Å². The van der Waals surface area contributed by atoms with Gasteiger partial charge in [-0.05, 0) is 52.2 Å². The van der Waals surface area contributed by atoms with Gasteiger partial charge >= 0.3 is 7.12 Å². The van der Waals surface area contributed by atoms with E-state index in [4.69, 9.17) is 10.7 Å². The molecule has 2 aliphatic rings. The molecule has 0 aromatic heterocycles. The third kappa shape index (κ3) is 3.25. The van der Waals surface area contributed by atoms with E-state index in [1.807, 2.05) is 0 Å². The van der Waals surface area contributed by atoms with E-state index in [-0.39, 0.29) is 30.5 Å². The van der Waals surface area contributed by atoms with Gasteiger partial charge in [-0.25, -0.2) is 0 Å². The Balaban J connectivity index is 2.09. The van der Waals surface area contributed by atoms with Crippen LogP contribution in [0.1, 0.15) is 67.6 Å². The highest BCUT2D eigenvalue weighted by Crippen LogP contribution is 2.44. The van der Waals surface area contributed by atoms with Crippen molar-refractivity contribution < 1.29 is 10.7 Å². The van der Waals surface area contributed by atoms with E-state index in [9.17, 15) is 0 Å². The molecule has 0 spiro atoms. The van der Waals surface area contributed by atoms with Gasteiger partial charge in [-0.1, -0.05) is 31.8 Å². The Labute approximate surface area is 120 Å². The molecular formula is C16H29BO2. The van der Waals surface area contributed by atoms with Gasteiger partial charge in [0, 0.05) is 1.37 Å². The van der Waals surface area contributed by atoms with Crippen LogP contribution >= 0.6 is 0 Å². The Bertz CT molecular complexity index is 334. The minimum Gasteiger partial charge on any atom is -0.403 e. The van der Waals surface area contributed by atoms with Gasteiger partial charge in [-0.15, -0.1) is 6.58 Å². The van der Waals surface area contributed by atoms with Gasteiger partial charge in [0.15, 0.2) is 0 Å². The van der Waals surface area contributed by atoms with Crippen molar-refractivity contribution in [2.24, 2.45) is 5.92 Å². The maximum atomic E-state index is 8.29. The third-order valence-corrected chi connectivity index (χ3v) is 5.08. The lowest BCUT2D eigenvalue weighted by atomic mass is 9.65. The summed E-state index contributed by atoms with van der Waals surface area (Å²) < 4.78 is 20.6. The summed E-state index contributed by atoms with van der Waals surface area (Å²) in [5.41, 5.74) is -0.626. The lowest BCUT2D eigenvalue weighted by Crippen LogP contribution is -2.41. The Morgan fingerprint density at radius 1 is 1.26 bits per heavy atom. The van der Waals surface area contributed by atoms with Gasteiger partial charge in [0.25, 0.3) is 0 Å². The van der Waals surface area contributed by atoms with Gasteiger partial charge in [0.2, 0.25) is 0 Å². The molecule has 2 unspecified atom stereocenters. The van der Waals surface area contributed by atoms with Gasteiger partial charge in [0.05, 0.1) is 11.2 Å². The molecule has 1 aliphatic carbocycles. The van der Waals surface area contributed by atoms with Crippen LogP contribution in [-0.2, 0) is 9.31 Å². The molecule has 0 aromatic carbocycles. The number of allylic oxidation sites excluding steroid dienone is 1. The minimum absolute atomic E-state index is 0.0941. The zero-order chi connectivity index (χ0) is 15.0. The van der Waals surface area contributed by atoms with Gasteiger partial charge in [0.1, 0.15) is 0 Å². The first-order valence-electron chi connectivity index (χ1n) is 8.25. The first kappa shape index (κ1) is 13.7. The van der Waals surface area contributed by atoms with E-state index >= 15 is 0 Å². The van der Waals surface area contributed by atoms with Crippen LogP contribution in [-0.4, -0.2) is 18.3 Å². The highest BCUT2D eigenvalue weighted by molar-refractivity contribution is 6.47. The van der Waals surface area contributed by atoms with Crippen molar-refractivity contribution in [3.8, 4) is 0 Å². The van der Waals surface area contributed by atoms with Crippen molar-refractivity contribution in [1.29, 1.82) is 0 Å². The highest BCUT2D eigenvalue weighted by atomic mass is 16.7. The average Bonchev–Trinajstić information content (AvgIpc) is 2.92. The Morgan fingerprint density at radius 3 is 2.26 bits per heavy atom. The fraction of sp³-hybridized carbons (Fsp3) is 0.875. The molecule has 1 saturated carbocycles. The summed E-state index contributed by atoms with van der Waals surface area (Å²) in [6.07, 6.45) is 7.68. The van der Waals surface area contributed by atoms with E-state index in [1.54, 1.807) is 6.08 Å². The van der Waals surface area contributed by atoms with E-state index < -0.39 is 0 Å². The minimum atomic E-state index is -0.315. The molecule has 2 atom stereocenters. The fourth-order valence-electron chi connectivity index (χ4n) is 3.15. The van der Waals surface area contributed by atoms with E-state index in [1.165, 1.54) is 25.7 Å². The number of rotatable bonds is 5. The van der Waals surface area contributed by atoms with Crippen LogP contribution in [0.5, 0.6) is 0 Å². The Morgan fingerprint density at radius 2 is 1.79 bits per heavy atom. The highest BCUT2D eigenvalue weighted by Gasteiger charge is 2.53. The summed E-state index contributed by atoms with van der Waals surface area (Å²) in [5, 5.41) is 0. The van der Waals surface area contributed by atoms with Crippen LogP contribution in [0.25, 0.3) is 0 Å². The molecule has 1 heterocycles. The normalized spacial score (nSPS) is 30.1. The lowest BCUT2D eigenvalue weighted by molar-refractivity contribution is 0.00578. The second-order valence-electron chi connectivity index (χ2n) is 7.10. The quantitative estimate of drug-likeness (QED) is 0.534. The first-order valence-corrected chi connectivity index (χ1v) is 7.67. The van der Waals surface area contributed by atoms with Crippen molar-refractivity contribution in [3.05, 3.63) is 12.7 Å². The number of hydrogen-bond donors (Lipinski definition) is 0. The van der Waals surface area contributed by atoms with Gasteiger partial charge in [-0.2, -0.15) is 0 Å². The van der Waals surface area contributed by atoms with Crippen molar-refractivity contribution in [1.82, 2.24) is 0 Å². The largest absolute Gasteiger partial charge is 0.461 e. The van der Waals surface area contributed by atoms with Crippen LogP contribution in [0.3, 0.4) is 0 Å². The first-order chi connectivity index (χ1) is 9.27. The molecule has 0 N–H and O–H groups in total. The van der Waals surface area contributed by atoms with E-state index in [0.29, 0.717) is 0 Å². The van der Waals surface area contributed by atoms with E-state index in [2.05, 4.69) is 34.3 Å². The summed E-state index contributed by atoms with van der Waals surface area (Å²) in [5.74, 6) is 0.823. The smallest absolute Gasteiger partial charge is 0.403 e. The van der Waals surface area contributed by atoms with Crippen molar-refractivity contribution >= 4 is 7.12 Å². The summed E-state index contributed by atoms with van der Waals surface area (Å²) in [6, 6.07) is 0. The Hall–Kier alpha value is -0.275. The molecule has 0 amide bonds. The molecule has 3 heteroatoms. The molecule has 0 radical (unpaired) electrons. The summed E-state index contributed by atoms with van der Waals surface area (Å²) in [6.45, 7) is 12.1. The summed E-state index contributed by atoms with van der Waals surface area (Å²) in [4.78, 5) is 0. The molecule has 1 saturated heterocycles. The number of hydrogen-bond acceptors (Lipinski definition) is 2. The monoisotopic (exact) mass is 265 g/mol. The molecule has 1 aliphatic heterocycles. The molecule has 0 aromatic rings. The molecule has 2 fully saturated rings. The maximum Gasteiger partial charge on any atom is 0.461 e. The average molecular weight is 265 g/mol. The lowest BCUT2D eigenvalue weighted by Gasteiger charge is -2.32. The second-order valence-corrected chi connectivity index (χ2v) is 7.10. The zero-order valence-corrected chi connectivity index (χ0v) is 12.9. The molecule has 19 heavy (non-hydrogen) atoms. The van der Waals surface area contributed by atoms with Crippen LogP contribution in [0, 0.1) is 5.92 Å². The van der Waals surface area contributed by atoms with Gasteiger partial charge in [-0.3, -0.25) is 0 Å². The summed E-state index contributed by atoms with van der Waals surface area (Å²) in [7, 11) is -0.277. The predicted octanol–water partition coefficient (Wildman–Crippen LogP) is 4.61. The molecular weight excluding hydrogens is 235 g/mol. The van der Waals surface area contributed by atoms with Crippen molar-refractivity contribution in [3.63, 3.8) is 0 Å².